The molecule has 1 spiro atoms. The number of methoxy groups -OCH3 is 1. The van der Waals surface area contributed by atoms with Gasteiger partial charge in [0.1, 0.15) is 5.78 Å². The molecule has 4 heteroatoms. The Kier molecular flexibility index (Phi) is 4.22. The van der Waals surface area contributed by atoms with E-state index < -0.39 is 5.60 Å². The molecule has 25 heavy (non-hydrogen) atoms. The van der Waals surface area contributed by atoms with Crippen LogP contribution in [0.5, 0.6) is 0 Å². The molecule has 1 heterocycles. The maximum Gasteiger partial charge on any atom is 0.308 e. The molecule has 0 unspecified atom stereocenters. The smallest absolute Gasteiger partial charge is 0.308 e. The Balaban J connectivity index is 2.01. The van der Waals surface area contributed by atoms with Crippen LogP contribution in [-0.4, -0.2) is 30.1 Å². The van der Waals surface area contributed by atoms with Gasteiger partial charge in [-0.15, -0.1) is 0 Å². The Labute approximate surface area is 151 Å². The van der Waals surface area contributed by atoms with Crippen LogP contribution in [0.2, 0.25) is 0 Å². The van der Waals surface area contributed by atoms with Crippen molar-refractivity contribution in [3.63, 3.8) is 0 Å². The van der Waals surface area contributed by atoms with Crippen molar-refractivity contribution in [3.8, 4) is 0 Å². The summed E-state index contributed by atoms with van der Waals surface area (Å²) >= 11 is 0. The quantitative estimate of drug-likeness (QED) is 0.554. The van der Waals surface area contributed by atoms with E-state index in [0.29, 0.717) is 12.2 Å². The molecule has 0 radical (unpaired) electrons. The molecule has 3 rings (SSSR count). The monoisotopic (exact) mass is 348 g/mol. The number of ketones is 1. The predicted molar refractivity (Wildman–Crippen MR) is 96.1 cm³/mol. The minimum Gasteiger partial charge on any atom is -0.469 e. The summed E-state index contributed by atoms with van der Waals surface area (Å²) < 4.78 is 11.7. The van der Waals surface area contributed by atoms with Crippen LogP contribution in [0.25, 0.3) is 0 Å². The molecule has 0 bridgehead atoms. The summed E-state index contributed by atoms with van der Waals surface area (Å²) in [5, 5.41) is 0. The number of ether oxygens (including phenoxy) is 2. The van der Waals surface area contributed by atoms with E-state index >= 15 is 0 Å². The molecular weight excluding hydrogens is 316 g/mol. The molecule has 4 nitrogen and oxygen atoms in total. The highest BCUT2D eigenvalue weighted by molar-refractivity contribution is 5.85. The molecule has 0 aromatic heterocycles. The highest BCUT2D eigenvalue weighted by Gasteiger charge is 2.66. The predicted octanol–water partition coefficient (Wildman–Crippen LogP) is 4.22. The Morgan fingerprint density at radius 2 is 1.92 bits per heavy atom. The summed E-state index contributed by atoms with van der Waals surface area (Å²) in [4.78, 5) is 24.5. The van der Waals surface area contributed by atoms with E-state index in [1.807, 2.05) is 6.92 Å². The third-order valence-electron chi connectivity index (χ3n) is 7.62. The normalized spacial score (nSPS) is 42.9. The fraction of sp³-hybridized carbons (Fsp3) is 0.810. The van der Waals surface area contributed by atoms with Crippen LogP contribution in [0.1, 0.15) is 73.1 Å². The Hall–Kier alpha value is -1.16. The van der Waals surface area contributed by atoms with Gasteiger partial charge < -0.3 is 9.47 Å². The first-order valence-electron chi connectivity index (χ1n) is 9.48. The molecular formula is C21H32O4. The van der Waals surface area contributed by atoms with Gasteiger partial charge in [-0.05, 0) is 51.0 Å². The minimum absolute atomic E-state index is 0.0862. The molecule has 2 aliphatic carbocycles. The van der Waals surface area contributed by atoms with E-state index in [0.717, 1.165) is 25.7 Å². The number of fused-ring (bicyclic) bond motifs is 2. The summed E-state index contributed by atoms with van der Waals surface area (Å²) in [7, 11) is 1.43. The Bertz CT molecular complexity index is 634. The average Bonchev–Trinajstić information content (AvgIpc) is 2.88. The van der Waals surface area contributed by atoms with Gasteiger partial charge >= 0.3 is 5.97 Å². The summed E-state index contributed by atoms with van der Waals surface area (Å²) in [6.45, 7) is 10.7. The first-order valence-corrected chi connectivity index (χ1v) is 9.48. The third kappa shape index (κ3) is 2.51. The van der Waals surface area contributed by atoms with Crippen LogP contribution >= 0.6 is 0 Å². The van der Waals surface area contributed by atoms with Gasteiger partial charge in [-0.2, -0.15) is 0 Å². The summed E-state index contributed by atoms with van der Waals surface area (Å²) in [6.07, 6.45) is 6.70. The SMILES string of the molecule is COC(=O)C[C@]1(C)CC[C@@]2(O1)C(C)=CC[C@H]1C(C)(C)C(=O)CC[C@@]12C. The molecule has 0 N–H and O–H groups in total. The number of hydrogen-bond acceptors (Lipinski definition) is 4. The van der Waals surface area contributed by atoms with Gasteiger partial charge in [-0.3, -0.25) is 9.59 Å². The zero-order valence-electron chi connectivity index (χ0n) is 16.5. The van der Waals surface area contributed by atoms with E-state index in [-0.39, 0.29) is 34.7 Å². The second-order valence-electron chi connectivity index (χ2n) is 9.37. The lowest BCUT2D eigenvalue weighted by Crippen LogP contribution is -2.61. The van der Waals surface area contributed by atoms with Crippen molar-refractivity contribution in [2.24, 2.45) is 16.7 Å². The number of carbonyl (C=O) groups is 2. The fourth-order valence-electron chi connectivity index (χ4n) is 5.95. The number of esters is 1. The average molecular weight is 348 g/mol. The fourth-order valence-corrected chi connectivity index (χ4v) is 5.95. The summed E-state index contributed by atoms with van der Waals surface area (Å²) in [5.41, 5.74) is -0.0287. The minimum atomic E-state index is -0.501. The summed E-state index contributed by atoms with van der Waals surface area (Å²) in [5.74, 6) is 0.414. The standard InChI is InChI=1S/C21H32O4/c1-14-7-8-15-18(2,3)16(22)9-10-20(15,5)21(14)12-11-19(4,25-21)13-17(23)24-6/h7,15H,8-13H2,1-6H3/t15-,19-,20-,21+/m0/s1. The molecule has 140 valence electrons. The lowest BCUT2D eigenvalue weighted by molar-refractivity contribution is -0.194. The maximum atomic E-state index is 12.6. The van der Waals surface area contributed by atoms with Crippen LogP contribution in [0.3, 0.4) is 0 Å². The highest BCUT2D eigenvalue weighted by Crippen LogP contribution is 2.65. The molecule has 0 aromatic rings. The Morgan fingerprint density at radius 1 is 1.24 bits per heavy atom. The van der Waals surface area contributed by atoms with Crippen molar-refractivity contribution in [2.75, 3.05) is 7.11 Å². The number of hydrogen-bond donors (Lipinski definition) is 0. The van der Waals surface area contributed by atoms with Crippen molar-refractivity contribution in [3.05, 3.63) is 11.6 Å². The van der Waals surface area contributed by atoms with Crippen LogP contribution in [0.15, 0.2) is 11.6 Å². The van der Waals surface area contributed by atoms with E-state index in [1.54, 1.807) is 0 Å². The van der Waals surface area contributed by atoms with Crippen molar-refractivity contribution in [1.82, 2.24) is 0 Å². The van der Waals surface area contributed by atoms with Gasteiger partial charge in [0.2, 0.25) is 0 Å². The zero-order valence-corrected chi connectivity index (χ0v) is 16.5. The largest absolute Gasteiger partial charge is 0.469 e. The van der Waals surface area contributed by atoms with Gasteiger partial charge in [0, 0.05) is 17.3 Å². The van der Waals surface area contributed by atoms with E-state index in [2.05, 4.69) is 33.8 Å². The first kappa shape index (κ1) is 18.6. The molecule has 4 atom stereocenters. The lowest BCUT2D eigenvalue weighted by Gasteiger charge is -2.60. The number of rotatable bonds is 2. The molecule has 1 saturated heterocycles. The van der Waals surface area contributed by atoms with Gasteiger partial charge in [0.25, 0.3) is 0 Å². The highest BCUT2D eigenvalue weighted by atomic mass is 16.5. The molecule has 0 aromatic carbocycles. The number of Topliss-reactive ketones (excluding diaryl/α,β-unsaturated/α-hetero) is 1. The number of allylic oxidation sites excluding steroid dienone is 1. The van der Waals surface area contributed by atoms with E-state index in [1.165, 1.54) is 12.7 Å². The zero-order chi connectivity index (χ0) is 18.7. The molecule has 1 aliphatic heterocycles. The second kappa shape index (κ2) is 5.67. The molecule has 0 amide bonds. The van der Waals surface area contributed by atoms with Crippen molar-refractivity contribution in [2.45, 2.75) is 84.3 Å². The molecule has 3 aliphatic rings. The van der Waals surface area contributed by atoms with E-state index in [9.17, 15) is 9.59 Å². The second-order valence-corrected chi connectivity index (χ2v) is 9.37. The van der Waals surface area contributed by atoms with Gasteiger partial charge in [-0.1, -0.05) is 26.8 Å². The van der Waals surface area contributed by atoms with E-state index in [4.69, 9.17) is 9.47 Å². The molecule has 2 fully saturated rings. The van der Waals surface area contributed by atoms with Gasteiger partial charge in [0.15, 0.2) is 0 Å². The van der Waals surface area contributed by atoms with Gasteiger partial charge in [0.05, 0.1) is 24.7 Å². The number of carbonyl (C=O) groups excluding carboxylic acids is 2. The van der Waals surface area contributed by atoms with Gasteiger partial charge in [-0.25, -0.2) is 0 Å². The molecule has 1 saturated carbocycles. The van der Waals surface area contributed by atoms with Crippen molar-refractivity contribution >= 4 is 11.8 Å². The third-order valence-corrected chi connectivity index (χ3v) is 7.62. The topological polar surface area (TPSA) is 52.6 Å². The maximum absolute atomic E-state index is 12.6. The lowest BCUT2D eigenvalue weighted by atomic mass is 9.46. The summed E-state index contributed by atoms with van der Waals surface area (Å²) in [6, 6.07) is 0. The first-order chi connectivity index (χ1) is 11.5. The van der Waals surface area contributed by atoms with Crippen LogP contribution in [0, 0.1) is 16.7 Å². The van der Waals surface area contributed by atoms with Crippen molar-refractivity contribution in [1.29, 1.82) is 0 Å². The van der Waals surface area contributed by atoms with Crippen molar-refractivity contribution < 1.29 is 19.1 Å². The van der Waals surface area contributed by atoms with Crippen LogP contribution in [-0.2, 0) is 19.1 Å². The van der Waals surface area contributed by atoms with Crippen LogP contribution < -0.4 is 0 Å². The van der Waals surface area contributed by atoms with Crippen LogP contribution in [0.4, 0.5) is 0 Å². The Morgan fingerprint density at radius 3 is 2.56 bits per heavy atom.